The lowest BCUT2D eigenvalue weighted by molar-refractivity contribution is -0.384. The molecule has 0 aliphatic heterocycles. The second-order valence-electron chi connectivity index (χ2n) is 6.75. The highest BCUT2D eigenvalue weighted by Gasteiger charge is 2.28. The fourth-order valence-electron chi connectivity index (χ4n) is 3.28. The van der Waals surface area contributed by atoms with Gasteiger partial charge in [0.15, 0.2) is 6.61 Å². The molecule has 1 aromatic rings. The highest BCUT2D eigenvalue weighted by molar-refractivity contribution is 5.97. The minimum atomic E-state index is -0.779. The zero-order chi connectivity index (χ0) is 19.3. The summed E-state index contributed by atoms with van der Waals surface area (Å²) < 4.78 is 5.06. The Balaban J connectivity index is 1.96. The SMILES string of the molecule is CNc1ccc([N+](=O)[O-])cc1C(=O)OCC(=O)N[C@H]1CCC[C@@H](C)[C@H]1C. The smallest absolute Gasteiger partial charge is 0.341 e. The number of hydrogen-bond donors (Lipinski definition) is 2. The van der Waals surface area contributed by atoms with E-state index in [9.17, 15) is 19.7 Å². The Morgan fingerprint density at radius 1 is 1.31 bits per heavy atom. The number of carbonyl (C=O) groups excluding carboxylic acids is 2. The van der Waals surface area contributed by atoms with Gasteiger partial charge < -0.3 is 15.4 Å². The molecular weight excluding hydrogens is 338 g/mol. The molecule has 0 radical (unpaired) electrons. The molecule has 3 atom stereocenters. The van der Waals surface area contributed by atoms with Gasteiger partial charge in [-0.05, 0) is 24.3 Å². The number of nitro groups is 1. The molecule has 142 valence electrons. The van der Waals surface area contributed by atoms with Gasteiger partial charge in [0.2, 0.25) is 0 Å². The van der Waals surface area contributed by atoms with Crippen molar-refractivity contribution in [1.29, 1.82) is 0 Å². The molecule has 0 aromatic heterocycles. The summed E-state index contributed by atoms with van der Waals surface area (Å²) in [4.78, 5) is 34.7. The van der Waals surface area contributed by atoms with Crippen LogP contribution in [0.25, 0.3) is 0 Å². The van der Waals surface area contributed by atoms with Gasteiger partial charge in [0.05, 0.1) is 10.5 Å². The molecule has 0 bridgehead atoms. The summed E-state index contributed by atoms with van der Waals surface area (Å²) in [6, 6.07) is 3.94. The topological polar surface area (TPSA) is 111 Å². The summed E-state index contributed by atoms with van der Waals surface area (Å²) >= 11 is 0. The molecule has 0 unspecified atom stereocenters. The quantitative estimate of drug-likeness (QED) is 0.457. The van der Waals surface area contributed by atoms with E-state index in [2.05, 4.69) is 24.5 Å². The fraction of sp³-hybridized carbons (Fsp3) is 0.556. The molecule has 0 saturated heterocycles. The highest BCUT2D eigenvalue weighted by Crippen LogP contribution is 2.29. The van der Waals surface area contributed by atoms with Crippen molar-refractivity contribution < 1.29 is 19.2 Å². The zero-order valence-electron chi connectivity index (χ0n) is 15.3. The maximum Gasteiger partial charge on any atom is 0.341 e. The van der Waals surface area contributed by atoms with Crippen LogP contribution < -0.4 is 10.6 Å². The molecule has 0 spiro atoms. The van der Waals surface area contributed by atoms with E-state index in [-0.39, 0.29) is 23.2 Å². The van der Waals surface area contributed by atoms with Crippen molar-refractivity contribution in [3.8, 4) is 0 Å². The molecule has 1 saturated carbocycles. The number of anilines is 1. The average Bonchev–Trinajstić information content (AvgIpc) is 2.62. The van der Waals surface area contributed by atoms with Crippen molar-refractivity contribution in [3.05, 3.63) is 33.9 Å². The Morgan fingerprint density at radius 2 is 2.04 bits per heavy atom. The average molecular weight is 363 g/mol. The van der Waals surface area contributed by atoms with E-state index in [0.717, 1.165) is 25.3 Å². The molecule has 8 heteroatoms. The third kappa shape index (κ3) is 4.71. The Morgan fingerprint density at radius 3 is 2.69 bits per heavy atom. The lowest BCUT2D eigenvalue weighted by Gasteiger charge is -2.34. The van der Waals surface area contributed by atoms with Gasteiger partial charge in [-0.25, -0.2) is 4.79 Å². The summed E-state index contributed by atoms with van der Waals surface area (Å²) in [5.74, 6) is -0.227. The summed E-state index contributed by atoms with van der Waals surface area (Å²) in [7, 11) is 1.59. The molecule has 1 amide bonds. The predicted octanol–water partition coefficient (Wildman–Crippen LogP) is 2.73. The van der Waals surface area contributed by atoms with Crippen LogP contribution in [0.3, 0.4) is 0 Å². The number of nitro benzene ring substituents is 1. The molecule has 1 aromatic carbocycles. The van der Waals surface area contributed by atoms with Crippen LogP contribution in [0, 0.1) is 22.0 Å². The van der Waals surface area contributed by atoms with Crippen LogP contribution in [-0.4, -0.2) is 36.5 Å². The lowest BCUT2D eigenvalue weighted by atomic mass is 9.78. The van der Waals surface area contributed by atoms with Gasteiger partial charge in [-0.15, -0.1) is 0 Å². The molecule has 1 aliphatic rings. The zero-order valence-corrected chi connectivity index (χ0v) is 15.3. The molecule has 2 N–H and O–H groups in total. The number of nitrogens with one attached hydrogen (secondary N) is 2. The van der Waals surface area contributed by atoms with Crippen LogP contribution in [0.5, 0.6) is 0 Å². The number of esters is 1. The largest absolute Gasteiger partial charge is 0.452 e. The van der Waals surface area contributed by atoms with Gasteiger partial charge in [-0.3, -0.25) is 14.9 Å². The maximum atomic E-state index is 12.2. The molecule has 0 heterocycles. The molecule has 26 heavy (non-hydrogen) atoms. The van der Waals surface area contributed by atoms with E-state index in [1.54, 1.807) is 7.05 Å². The summed E-state index contributed by atoms with van der Waals surface area (Å²) in [5.41, 5.74) is 0.204. The second kappa shape index (κ2) is 8.64. The number of ether oxygens (including phenoxy) is 1. The van der Waals surface area contributed by atoms with E-state index in [1.165, 1.54) is 12.1 Å². The minimum Gasteiger partial charge on any atom is -0.452 e. The van der Waals surface area contributed by atoms with Gasteiger partial charge in [-0.2, -0.15) is 0 Å². The molecule has 2 rings (SSSR count). The predicted molar refractivity (Wildman–Crippen MR) is 97.0 cm³/mol. The van der Waals surface area contributed by atoms with Crippen LogP contribution in [-0.2, 0) is 9.53 Å². The summed E-state index contributed by atoms with van der Waals surface area (Å²) in [6.45, 7) is 3.87. The van der Waals surface area contributed by atoms with Gasteiger partial charge >= 0.3 is 5.97 Å². The lowest BCUT2D eigenvalue weighted by Crippen LogP contribution is -2.45. The number of non-ortho nitro benzene ring substituents is 1. The number of benzene rings is 1. The van der Waals surface area contributed by atoms with Gasteiger partial charge in [0, 0.05) is 30.9 Å². The maximum absolute atomic E-state index is 12.2. The minimum absolute atomic E-state index is 0.0224. The number of carbonyl (C=O) groups is 2. The Labute approximate surface area is 152 Å². The van der Waals surface area contributed by atoms with Gasteiger partial charge in [-0.1, -0.05) is 26.7 Å². The van der Waals surface area contributed by atoms with Crippen LogP contribution in [0.15, 0.2) is 18.2 Å². The van der Waals surface area contributed by atoms with Gasteiger partial charge in [0.25, 0.3) is 11.6 Å². The molecular formula is C18H25N3O5. The van der Waals surface area contributed by atoms with Crippen LogP contribution in [0.2, 0.25) is 0 Å². The van der Waals surface area contributed by atoms with Crippen molar-refractivity contribution in [2.75, 3.05) is 19.0 Å². The standard InChI is InChI=1S/C18H25N3O5/c1-11-5-4-6-15(12(11)2)20-17(22)10-26-18(23)14-9-13(21(24)25)7-8-16(14)19-3/h7-9,11-12,15,19H,4-6,10H2,1-3H3,(H,20,22)/t11-,12-,15+/m1/s1. The third-order valence-corrected chi connectivity index (χ3v) is 5.09. The number of nitrogens with zero attached hydrogens (tertiary/aromatic N) is 1. The first-order valence-corrected chi connectivity index (χ1v) is 8.76. The van der Waals surface area contributed by atoms with Gasteiger partial charge in [0.1, 0.15) is 0 Å². The van der Waals surface area contributed by atoms with Crippen molar-refractivity contribution in [2.24, 2.45) is 11.8 Å². The van der Waals surface area contributed by atoms with E-state index in [4.69, 9.17) is 4.74 Å². The van der Waals surface area contributed by atoms with E-state index in [0.29, 0.717) is 17.5 Å². The highest BCUT2D eigenvalue weighted by atomic mass is 16.6. The first-order valence-electron chi connectivity index (χ1n) is 8.76. The van der Waals surface area contributed by atoms with E-state index < -0.39 is 17.5 Å². The monoisotopic (exact) mass is 363 g/mol. The normalized spacial score (nSPS) is 22.3. The van der Waals surface area contributed by atoms with Crippen molar-refractivity contribution in [1.82, 2.24) is 5.32 Å². The van der Waals surface area contributed by atoms with Crippen LogP contribution in [0.4, 0.5) is 11.4 Å². The van der Waals surface area contributed by atoms with Crippen LogP contribution in [0.1, 0.15) is 43.5 Å². The Kier molecular flexibility index (Phi) is 6.54. The number of amides is 1. The van der Waals surface area contributed by atoms with Crippen molar-refractivity contribution >= 4 is 23.3 Å². The first kappa shape index (κ1) is 19.7. The number of hydrogen-bond acceptors (Lipinski definition) is 6. The van der Waals surface area contributed by atoms with E-state index in [1.807, 2.05) is 0 Å². The van der Waals surface area contributed by atoms with Crippen LogP contribution >= 0.6 is 0 Å². The van der Waals surface area contributed by atoms with Crippen molar-refractivity contribution in [3.63, 3.8) is 0 Å². The van der Waals surface area contributed by atoms with E-state index >= 15 is 0 Å². The fourth-order valence-corrected chi connectivity index (χ4v) is 3.28. The Hall–Kier alpha value is -2.64. The molecule has 1 aliphatic carbocycles. The Bertz CT molecular complexity index is 691. The first-order chi connectivity index (χ1) is 12.3. The van der Waals surface area contributed by atoms with Crippen molar-refractivity contribution in [2.45, 2.75) is 39.2 Å². The summed E-state index contributed by atoms with van der Waals surface area (Å²) in [6.07, 6.45) is 3.14. The summed E-state index contributed by atoms with van der Waals surface area (Å²) in [5, 5.41) is 16.6. The second-order valence-corrected chi connectivity index (χ2v) is 6.75. The third-order valence-electron chi connectivity index (χ3n) is 5.09. The molecule has 8 nitrogen and oxygen atoms in total. The molecule has 1 fully saturated rings. The number of rotatable bonds is 6.